The molecular weight excluding hydrogens is 252 g/mol. The predicted octanol–water partition coefficient (Wildman–Crippen LogP) is 1.54. The molecule has 1 aliphatic rings. The average molecular weight is 271 g/mol. The first-order valence-corrected chi connectivity index (χ1v) is 6.43. The van der Waals surface area contributed by atoms with Crippen LogP contribution in [0.4, 0.5) is 0 Å². The van der Waals surface area contributed by atoms with Crippen molar-refractivity contribution < 1.29 is 9.47 Å². The van der Waals surface area contributed by atoms with Crippen LogP contribution in [-0.4, -0.2) is 44.8 Å². The molecule has 0 amide bonds. The monoisotopic (exact) mass is 270 g/mol. The van der Waals surface area contributed by atoms with E-state index in [0.29, 0.717) is 17.3 Å². The summed E-state index contributed by atoms with van der Waals surface area (Å²) in [4.78, 5) is 2.20. The Kier molecular flexibility index (Phi) is 4.32. The molecule has 2 rings (SSSR count). The number of benzene rings is 1. The molecule has 18 heavy (non-hydrogen) atoms. The molecule has 0 atom stereocenters. The molecule has 0 radical (unpaired) electrons. The van der Waals surface area contributed by atoms with Gasteiger partial charge >= 0.3 is 0 Å². The molecule has 100 valence electrons. The van der Waals surface area contributed by atoms with E-state index in [0.717, 1.165) is 30.8 Å². The fraction of sp³-hybridized carbons (Fsp3) is 0.538. The highest BCUT2D eigenvalue weighted by molar-refractivity contribution is 6.30. The van der Waals surface area contributed by atoms with Gasteiger partial charge < -0.3 is 15.2 Å². The lowest BCUT2D eigenvalue weighted by molar-refractivity contribution is 0.0363. The number of hydrogen-bond donors (Lipinski definition) is 1. The van der Waals surface area contributed by atoms with Crippen LogP contribution in [0.5, 0.6) is 11.5 Å². The molecule has 4 nitrogen and oxygen atoms in total. The normalized spacial score (nSPS) is 16.4. The standard InChI is InChI=1S/C13H19ClN2O2/c1-16-7-11(8-16)18-13-9(3-4-15)5-10(14)6-12(13)17-2/h5-6,11H,3-4,7-8,15H2,1-2H3. The highest BCUT2D eigenvalue weighted by Crippen LogP contribution is 2.36. The van der Waals surface area contributed by atoms with Crippen molar-refractivity contribution in [2.75, 3.05) is 33.8 Å². The van der Waals surface area contributed by atoms with Crippen molar-refractivity contribution >= 4 is 11.6 Å². The van der Waals surface area contributed by atoms with Gasteiger partial charge in [-0.2, -0.15) is 0 Å². The van der Waals surface area contributed by atoms with E-state index in [9.17, 15) is 0 Å². The second-order valence-corrected chi connectivity index (χ2v) is 5.03. The Morgan fingerprint density at radius 2 is 2.17 bits per heavy atom. The van der Waals surface area contributed by atoms with E-state index in [4.69, 9.17) is 26.8 Å². The van der Waals surface area contributed by atoms with Gasteiger partial charge in [0.1, 0.15) is 6.10 Å². The summed E-state index contributed by atoms with van der Waals surface area (Å²) in [5.74, 6) is 1.46. The minimum Gasteiger partial charge on any atom is -0.493 e. The summed E-state index contributed by atoms with van der Waals surface area (Å²) in [5, 5.41) is 0.647. The van der Waals surface area contributed by atoms with E-state index in [1.807, 2.05) is 6.07 Å². The zero-order chi connectivity index (χ0) is 13.1. The molecule has 0 aliphatic carbocycles. The van der Waals surface area contributed by atoms with Crippen molar-refractivity contribution in [3.63, 3.8) is 0 Å². The van der Waals surface area contributed by atoms with E-state index in [-0.39, 0.29) is 6.10 Å². The molecule has 1 heterocycles. The number of halogens is 1. The third-order valence-corrected chi connectivity index (χ3v) is 3.26. The van der Waals surface area contributed by atoms with Gasteiger partial charge in [-0.1, -0.05) is 11.6 Å². The zero-order valence-electron chi connectivity index (χ0n) is 10.8. The van der Waals surface area contributed by atoms with Crippen molar-refractivity contribution in [2.45, 2.75) is 12.5 Å². The van der Waals surface area contributed by atoms with E-state index < -0.39 is 0 Å². The van der Waals surface area contributed by atoms with E-state index >= 15 is 0 Å². The molecule has 0 spiro atoms. The maximum Gasteiger partial charge on any atom is 0.165 e. The fourth-order valence-corrected chi connectivity index (χ4v) is 2.36. The zero-order valence-corrected chi connectivity index (χ0v) is 11.5. The molecule has 0 saturated carbocycles. The molecule has 1 aromatic rings. The van der Waals surface area contributed by atoms with Crippen molar-refractivity contribution in [3.05, 3.63) is 22.7 Å². The lowest BCUT2D eigenvalue weighted by atomic mass is 10.1. The Hall–Kier alpha value is -0.970. The van der Waals surface area contributed by atoms with Gasteiger partial charge in [0.05, 0.1) is 7.11 Å². The summed E-state index contributed by atoms with van der Waals surface area (Å²) in [7, 11) is 3.69. The largest absolute Gasteiger partial charge is 0.493 e. The second kappa shape index (κ2) is 5.78. The molecule has 5 heteroatoms. The topological polar surface area (TPSA) is 47.7 Å². The SMILES string of the molecule is COc1cc(Cl)cc(CCN)c1OC1CN(C)C1. The van der Waals surface area contributed by atoms with E-state index in [1.165, 1.54) is 0 Å². The van der Waals surface area contributed by atoms with Crippen molar-refractivity contribution in [2.24, 2.45) is 5.73 Å². The Labute approximate surface area is 113 Å². The number of likely N-dealkylation sites (tertiary alicyclic amines) is 1. The molecule has 0 bridgehead atoms. The molecule has 1 fully saturated rings. The number of methoxy groups -OCH3 is 1. The van der Waals surface area contributed by atoms with E-state index in [1.54, 1.807) is 13.2 Å². The maximum absolute atomic E-state index is 6.06. The van der Waals surface area contributed by atoms with Crippen LogP contribution in [0.25, 0.3) is 0 Å². The molecule has 0 unspecified atom stereocenters. The summed E-state index contributed by atoms with van der Waals surface area (Å²) in [6, 6.07) is 3.67. The van der Waals surface area contributed by atoms with Gasteiger partial charge in [0.25, 0.3) is 0 Å². The quantitative estimate of drug-likeness (QED) is 0.882. The summed E-state index contributed by atoms with van der Waals surface area (Å²) < 4.78 is 11.3. The molecule has 1 aromatic carbocycles. The third kappa shape index (κ3) is 2.88. The van der Waals surface area contributed by atoms with Gasteiger partial charge in [-0.15, -0.1) is 0 Å². The summed E-state index contributed by atoms with van der Waals surface area (Å²) >= 11 is 6.06. The van der Waals surface area contributed by atoms with Crippen molar-refractivity contribution in [3.8, 4) is 11.5 Å². The van der Waals surface area contributed by atoms with E-state index in [2.05, 4.69) is 11.9 Å². The second-order valence-electron chi connectivity index (χ2n) is 4.60. The van der Waals surface area contributed by atoms with Gasteiger partial charge in [-0.05, 0) is 26.1 Å². The minimum absolute atomic E-state index is 0.224. The summed E-state index contributed by atoms with van der Waals surface area (Å²) in [6.07, 6.45) is 0.955. The van der Waals surface area contributed by atoms with Gasteiger partial charge in [-0.3, -0.25) is 4.90 Å². The molecule has 1 saturated heterocycles. The van der Waals surface area contributed by atoms with Gasteiger partial charge in [-0.25, -0.2) is 0 Å². The number of nitrogens with zero attached hydrogens (tertiary/aromatic N) is 1. The summed E-state index contributed by atoms with van der Waals surface area (Å²) in [5.41, 5.74) is 6.63. The number of rotatable bonds is 5. The van der Waals surface area contributed by atoms with Crippen LogP contribution in [0.15, 0.2) is 12.1 Å². The predicted molar refractivity (Wildman–Crippen MR) is 72.7 cm³/mol. The molecule has 0 aromatic heterocycles. The smallest absolute Gasteiger partial charge is 0.165 e. The number of likely N-dealkylation sites (N-methyl/N-ethyl adjacent to an activating group) is 1. The van der Waals surface area contributed by atoms with Crippen LogP contribution < -0.4 is 15.2 Å². The molecular formula is C13H19ClN2O2. The maximum atomic E-state index is 6.06. The number of ether oxygens (including phenoxy) is 2. The third-order valence-electron chi connectivity index (χ3n) is 3.05. The van der Waals surface area contributed by atoms with Crippen LogP contribution in [0.1, 0.15) is 5.56 Å². The first-order chi connectivity index (χ1) is 8.63. The van der Waals surface area contributed by atoms with Gasteiger partial charge in [0.2, 0.25) is 0 Å². The lowest BCUT2D eigenvalue weighted by Gasteiger charge is -2.36. The van der Waals surface area contributed by atoms with Crippen molar-refractivity contribution in [1.29, 1.82) is 0 Å². The Morgan fingerprint density at radius 1 is 1.44 bits per heavy atom. The van der Waals surface area contributed by atoms with Crippen LogP contribution in [0.2, 0.25) is 5.02 Å². The highest BCUT2D eigenvalue weighted by atomic mass is 35.5. The van der Waals surface area contributed by atoms with Gasteiger partial charge in [0.15, 0.2) is 11.5 Å². The first kappa shape index (κ1) is 13.5. The minimum atomic E-state index is 0.224. The number of hydrogen-bond acceptors (Lipinski definition) is 4. The first-order valence-electron chi connectivity index (χ1n) is 6.05. The van der Waals surface area contributed by atoms with Crippen LogP contribution in [0, 0.1) is 0 Å². The fourth-order valence-electron chi connectivity index (χ4n) is 2.13. The number of nitrogens with two attached hydrogens (primary N) is 1. The average Bonchev–Trinajstić information content (AvgIpc) is 2.30. The summed E-state index contributed by atoms with van der Waals surface area (Å²) in [6.45, 7) is 2.44. The lowest BCUT2D eigenvalue weighted by Crippen LogP contribution is -2.51. The van der Waals surface area contributed by atoms with Crippen LogP contribution >= 0.6 is 11.6 Å². The highest BCUT2D eigenvalue weighted by Gasteiger charge is 2.27. The Balaban J connectivity index is 2.23. The van der Waals surface area contributed by atoms with Crippen LogP contribution in [0.3, 0.4) is 0 Å². The van der Waals surface area contributed by atoms with Crippen molar-refractivity contribution in [1.82, 2.24) is 4.90 Å². The Bertz CT molecular complexity index is 420. The Morgan fingerprint density at radius 3 is 2.72 bits per heavy atom. The van der Waals surface area contributed by atoms with Crippen LogP contribution in [-0.2, 0) is 6.42 Å². The molecule has 2 N–H and O–H groups in total. The molecule has 1 aliphatic heterocycles. The van der Waals surface area contributed by atoms with Gasteiger partial charge in [0, 0.05) is 29.7 Å².